The lowest BCUT2D eigenvalue weighted by Crippen LogP contribution is -2.10. The zero-order valence-electron chi connectivity index (χ0n) is 9.12. The smallest absolute Gasteiger partial charge is 0.134 e. The maximum absolute atomic E-state index is 6.09. The Labute approximate surface area is 90.1 Å². The Morgan fingerprint density at radius 2 is 2.14 bits per heavy atom. The Morgan fingerprint density at radius 1 is 1.43 bits per heavy atom. The number of ether oxygens (including phenoxy) is 1. The Balaban J connectivity index is 2.55. The molecular weight excluding hydrogens is 194 g/mol. The van der Waals surface area contributed by atoms with Crippen molar-refractivity contribution in [1.29, 1.82) is 0 Å². The highest BCUT2D eigenvalue weighted by atomic mass is 32.1. The summed E-state index contributed by atoms with van der Waals surface area (Å²) in [5.74, 6) is 1.65. The molecule has 0 saturated heterocycles. The van der Waals surface area contributed by atoms with Gasteiger partial charge in [-0.1, -0.05) is 13.8 Å². The third kappa shape index (κ3) is 3.00. The van der Waals surface area contributed by atoms with Gasteiger partial charge in [-0.15, -0.1) is 11.3 Å². The van der Waals surface area contributed by atoms with Crippen LogP contribution in [0.1, 0.15) is 37.6 Å². The van der Waals surface area contributed by atoms with Gasteiger partial charge in [-0.25, -0.2) is 0 Å². The molecule has 1 aromatic heterocycles. The molecule has 1 unspecified atom stereocenters. The van der Waals surface area contributed by atoms with E-state index < -0.39 is 0 Å². The fourth-order valence-corrected chi connectivity index (χ4v) is 2.29. The molecule has 0 saturated carbocycles. The Hall–Kier alpha value is -0.540. The van der Waals surface area contributed by atoms with Crippen LogP contribution >= 0.6 is 11.3 Å². The zero-order chi connectivity index (χ0) is 10.6. The van der Waals surface area contributed by atoms with E-state index in [1.165, 1.54) is 11.3 Å². The number of thiophene rings is 1. The van der Waals surface area contributed by atoms with Crippen molar-refractivity contribution >= 4 is 11.3 Å². The van der Waals surface area contributed by atoms with E-state index in [-0.39, 0.29) is 6.04 Å². The van der Waals surface area contributed by atoms with Crippen LogP contribution < -0.4 is 10.5 Å². The highest BCUT2D eigenvalue weighted by Crippen LogP contribution is 2.32. The van der Waals surface area contributed by atoms with Gasteiger partial charge >= 0.3 is 0 Å². The summed E-state index contributed by atoms with van der Waals surface area (Å²) in [5.41, 5.74) is 6.09. The normalized spacial score (nSPS) is 13.2. The van der Waals surface area contributed by atoms with Crippen LogP contribution in [0.4, 0.5) is 0 Å². The van der Waals surface area contributed by atoms with E-state index in [1.807, 2.05) is 11.4 Å². The second-order valence-corrected chi connectivity index (χ2v) is 4.88. The first-order valence-corrected chi connectivity index (χ1v) is 5.90. The second-order valence-electron chi connectivity index (χ2n) is 3.93. The van der Waals surface area contributed by atoms with E-state index in [1.54, 1.807) is 18.4 Å². The minimum atomic E-state index is 0.132. The van der Waals surface area contributed by atoms with Crippen molar-refractivity contribution in [3.8, 4) is 5.75 Å². The van der Waals surface area contributed by atoms with Crippen molar-refractivity contribution in [3.05, 3.63) is 16.3 Å². The van der Waals surface area contributed by atoms with Crippen LogP contribution in [0.5, 0.6) is 5.75 Å². The summed E-state index contributed by atoms with van der Waals surface area (Å²) < 4.78 is 5.24. The molecular formula is C11H19NOS. The fraction of sp³-hybridized carbons (Fsp3) is 0.636. The summed E-state index contributed by atoms with van der Waals surface area (Å²) in [6.45, 7) is 4.44. The molecule has 0 radical (unpaired) electrons. The molecule has 0 aromatic carbocycles. The third-order valence-corrected chi connectivity index (χ3v) is 3.30. The van der Waals surface area contributed by atoms with E-state index in [0.29, 0.717) is 5.92 Å². The first kappa shape index (κ1) is 11.5. The molecule has 2 N–H and O–H groups in total. The van der Waals surface area contributed by atoms with Gasteiger partial charge in [0.1, 0.15) is 5.75 Å². The second kappa shape index (κ2) is 5.37. The predicted octanol–water partition coefficient (Wildman–Crippen LogP) is 3.19. The van der Waals surface area contributed by atoms with E-state index in [0.717, 1.165) is 12.2 Å². The van der Waals surface area contributed by atoms with Gasteiger partial charge in [0.05, 0.1) is 12.0 Å². The molecule has 0 spiro atoms. The Bertz CT molecular complexity index is 270. The lowest BCUT2D eigenvalue weighted by atomic mass is 10.0. The van der Waals surface area contributed by atoms with Crippen molar-refractivity contribution in [1.82, 2.24) is 0 Å². The molecule has 1 aromatic rings. The van der Waals surface area contributed by atoms with E-state index in [4.69, 9.17) is 10.5 Å². The minimum absolute atomic E-state index is 0.132. The quantitative estimate of drug-likeness (QED) is 0.815. The summed E-state index contributed by atoms with van der Waals surface area (Å²) in [6.07, 6.45) is 2.21. The molecule has 0 aliphatic carbocycles. The lowest BCUT2D eigenvalue weighted by Gasteiger charge is -2.12. The van der Waals surface area contributed by atoms with Crippen LogP contribution in [0.3, 0.4) is 0 Å². The largest absolute Gasteiger partial charge is 0.496 e. The maximum Gasteiger partial charge on any atom is 0.134 e. The third-order valence-electron chi connectivity index (χ3n) is 2.27. The van der Waals surface area contributed by atoms with Gasteiger partial charge in [-0.05, 0) is 30.2 Å². The monoisotopic (exact) mass is 213 g/mol. The molecule has 0 fully saturated rings. The number of hydrogen-bond acceptors (Lipinski definition) is 3. The number of hydrogen-bond donors (Lipinski definition) is 1. The van der Waals surface area contributed by atoms with E-state index in [9.17, 15) is 0 Å². The highest BCUT2D eigenvalue weighted by Gasteiger charge is 2.13. The zero-order valence-corrected chi connectivity index (χ0v) is 9.93. The predicted molar refractivity (Wildman–Crippen MR) is 61.9 cm³/mol. The summed E-state index contributed by atoms with van der Waals surface area (Å²) in [6, 6.07) is 2.11. The van der Waals surface area contributed by atoms with Crippen LogP contribution in [0, 0.1) is 5.92 Å². The van der Waals surface area contributed by atoms with Crippen LogP contribution in [-0.2, 0) is 0 Å². The highest BCUT2D eigenvalue weighted by molar-refractivity contribution is 7.10. The molecule has 1 rings (SSSR count). The topological polar surface area (TPSA) is 35.2 Å². The van der Waals surface area contributed by atoms with E-state index >= 15 is 0 Å². The standard InChI is InChI=1S/C11H19NOS/c1-8(2)4-5-9(12)11-10(13-3)6-7-14-11/h6-9H,4-5,12H2,1-3H3. The average Bonchev–Trinajstić information content (AvgIpc) is 2.61. The van der Waals surface area contributed by atoms with Crippen LogP contribution in [0.15, 0.2) is 11.4 Å². The first-order chi connectivity index (χ1) is 6.65. The van der Waals surface area contributed by atoms with Gasteiger partial charge in [0.15, 0.2) is 0 Å². The van der Waals surface area contributed by atoms with Crippen molar-refractivity contribution in [2.24, 2.45) is 11.7 Å². The minimum Gasteiger partial charge on any atom is -0.496 e. The van der Waals surface area contributed by atoms with Crippen LogP contribution in [-0.4, -0.2) is 7.11 Å². The molecule has 0 bridgehead atoms. The van der Waals surface area contributed by atoms with Crippen LogP contribution in [0.2, 0.25) is 0 Å². The van der Waals surface area contributed by atoms with Crippen molar-refractivity contribution < 1.29 is 4.74 Å². The molecule has 2 nitrogen and oxygen atoms in total. The van der Waals surface area contributed by atoms with Crippen molar-refractivity contribution in [2.75, 3.05) is 7.11 Å². The van der Waals surface area contributed by atoms with E-state index in [2.05, 4.69) is 13.8 Å². The van der Waals surface area contributed by atoms with Gasteiger partial charge in [0, 0.05) is 6.04 Å². The Kier molecular flexibility index (Phi) is 4.42. The summed E-state index contributed by atoms with van der Waals surface area (Å²) in [4.78, 5) is 1.17. The number of nitrogens with two attached hydrogens (primary N) is 1. The SMILES string of the molecule is COc1ccsc1C(N)CCC(C)C. The molecule has 3 heteroatoms. The number of rotatable bonds is 5. The molecule has 0 aliphatic heterocycles. The summed E-state index contributed by atoms with van der Waals surface area (Å²) in [7, 11) is 1.70. The van der Waals surface area contributed by atoms with Gasteiger partial charge in [0.25, 0.3) is 0 Å². The van der Waals surface area contributed by atoms with Gasteiger partial charge in [-0.3, -0.25) is 0 Å². The fourth-order valence-electron chi connectivity index (χ4n) is 1.39. The molecule has 1 atom stereocenters. The molecule has 14 heavy (non-hydrogen) atoms. The van der Waals surface area contributed by atoms with Gasteiger partial charge in [-0.2, -0.15) is 0 Å². The van der Waals surface area contributed by atoms with Crippen molar-refractivity contribution in [2.45, 2.75) is 32.7 Å². The summed E-state index contributed by atoms with van der Waals surface area (Å²) in [5, 5.41) is 2.03. The van der Waals surface area contributed by atoms with Gasteiger partial charge in [0.2, 0.25) is 0 Å². The van der Waals surface area contributed by atoms with Gasteiger partial charge < -0.3 is 10.5 Å². The average molecular weight is 213 g/mol. The Morgan fingerprint density at radius 3 is 2.71 bits per heavy atom. The molecule has 1 heterocycles. The maximum atomic E-state index is 6.09. The van der Waals surface area contributed by atoms with Crippen molar-refractivity contribution in [3.63, 3.8) is 0 Å². The first-order valence-electron chi connectivity index (χ1n) is 5.02. The lowest BCUT2D eigenvalue weighted by molar-refractivity contribution is 0.405. The van der Waals surface area contributed by atoms with Crippen LogP contribution in [0.25, 0.3) is 0 Å². The number of methoxy groups -OCH3 is 1. The molecule has 0 aliphatic rings. The molecule has 0 amide bonds. The molecule has 80 valence electrons. The summed E-state index contributed by atoms with van der Waals surface area (Å²) >= 11 is 1.68.